The van der Waals surface area contributed by atoms with E-state index < -0.39 is 0 Å². The number of nitrogen functional groups attached to an aromatic ring is 1. The van der Waals surface area contributed by atoms with E-state index in [0.717, 1.165) is 5.69 Å². The first kappa shape index (κ1) is 11.1. The highest BCUT2D eigenvalue weighted by molar-refractivity contribution is 5.50. The summed E-state index contributed by atoms with van der Waals surface area (Å²) in [7, 11) is 0. The Morgan fingerprint density at radius 1 is 1.06 bits per heavy atom. The molecule has 0 aromatic heterocycles. The number of nitrogens with two attached hydrogens (primary N) is 1. The standard InChI is InChI=1S/C16H23N/c1-4-14(3)10-16(14)11-15(16,5-2)12-6-8-13(17)9-7-12/h6-9H,4-5,10-11,17H2,1-3H3. The van der Waals surface area contributed by atoms with Crippen molar-refractivity contribution < 1.29 is 0 Å². The van der Waals surface area contributed by atoms with E-state index in [1.165, 1.54) is 31.2 Å². The third-order valence-corrected chi connectivity index (χ3v) is 5.96. The van der Waals surface area contributed by atoms with Gasteiger partial charge in [0.15, 0.2) is 0 Å². The van der Waals surface area contributed by atoms with Crippen LogP contribution in [0, 0.1) is 10.8 Å². The Morgan fingerprint density at radius 3 is 2.18 bits per heavy atom. The van der Waals surface area contributed by atoms with E-state index in [2.05, 4.69) is 45.0 Å². The Bertz CT molecular complexity index is 449. The summed E-state index contributed by atoms with van der Waals surface area (Å²) >= 11 is 0. The van der Waals surface area contributed by atoms with Gasteiger partial charge in [0, 0.05) is 11.1 Å². The lowest BCUT2D eigenvalue weighted by Crippen LogP contribution is -2.13. The van der Waals surface area contributed by atoms with Crippen LogP contribution in [0.1, 0.15) is 52.0 Å². The molecule has 2 saturated carbocycles. The van der Waals surface area contributed by atoms with Crippen molar-refractivity contribution >= 4 is 5.69 Å². The summed E-state index contributed by atoms with van der Waals surface area (Å²) in [5.41, 5.74) is 9.88. The zero-order valence-electron chi connectivity index (χ0n) is 11.2. The van der Waals surface area contributed by atoms with Gasteiger partial charge in [-0.05, 0) is 47.8 Å². The molecule has 2 aliphatic carbocycles. The molecule has 92 valence electrons. The predicted molar refractivity (Wildman–Crippen MR) is 72.9 cm³/mol. The summed E-state index contributed by atoms with van der Waals surface area (Å²) in [5.74, 6) is 0. The molecule has 1 nitrogen and oxygen atoms in total. The highest BCUT2D eigenvalue weighted by Crippen LogP contribution is 2.89. The molecule has 0 amide bonds. The van der Waals surface area contributed by atoms with Crippen LogP contribution in [0.3, 0.4) is 0 Å². The van der Waals surface area contributed by atoms with Gasteiger partial charge >= 0.3 is 0 Å². The largest absolute Gasteiger partial charge is 0.399 e. The average molecular weight is 229 g/mol. The van der Waals surface area contributed by atoms with Crippen molar-refractivity contribution in [3.05, 3.63) is 29.8 Å². The van der Waals surface area contributed by atoms with Crippen molar-refractivity contribution in [3.8, 4) is 0 Å². The van der Waals surface area contributed by atoms with Gasteiger partial charge in [-0.2, -0.15) is 0 Å². The van der Waals surface area contributed by atoms with E-state index >= 15 is 0 Å². The van der Waals surface area contributed by atoms with Crippen LogP contribution in [0.25, 0.3) is 0 Å². The fourth-order valence-electron chi connectivity index (χ4n) is 4.43. The first-order valence-electron chi connectivity index (χ1n) is 6.90. The van der Waals surface area contributed by atoms with Gasteiger partial charge in [-0.25, -0.2) is 0 Å². The molecule has 1 heteroatoms. The van der Waals surface area contributed by atoms with Crippen LogP contribution in [-0.4, -0.2) is 0 Å². The minimum absolute atomic E-state index is 0.464. The van der Waals surface area contributed by atoms with E-state index in [-0.39, 0.29) is 0 Å². The SMILES string of the molecule is CCC1(C)CC12CC2(CC)c1ccc(N)cc1. The maximum atomic E-state index is 5.79. The van der Waals surface area contributed by atoms with Crippen molar-refractivity contribution in [2.24, 2.45) is 10.8 Å². The molecule has 17 heavy (non-hydrogen) atoms. The Balaban J connectivity index is 1.95. The maximum Gasteiger partial charge on any atom is 0.0314 e. The first-order valence-corrected chi connectivity index (χ1v) is 6.90. The van der Waals surface area contributed by atoms with E-state index in [9.17, 15) is 0 Å². The molecule has 2 fully saturated rings. The number of rotatable bonds is 3. The summed E-state index contributed by atoms with van der Waals surface area (Å²) in [6.45, 7) is 7.16. The topological polar surface area (TPSA) is 26.0 Å². The second-order valence-corrected chi connectivity index (χ2v) is 6.41. The molecule has 1 aromatic rings. The van der Waals surface area contributed by atoms with Crippen molar-refractivity contribution in [2.75, 3.05) is 5.73 Å². The second-order valence-electron chi connectivity index (χ2n) is 6.41. The lowest BCUT2D eigenvalue weighted by molar-refractivity contribution is 0.425. The Labute approximate surface area is 104 Å². The lowest BCUT2D eigenvalue weighted by atomic mass is 9.86. The fraction of sp³-hybridized carbons (Fsp3) is 0.625. The average Bonchev–Trinajstić information content (AvgIpc) is 3.17. The van der Waals surface area contributed by atoms with Crippen LogP contribution < -0.4 is 5.73 Å². The van der Waals surface area contributed by atoms with Crippen LogP contribution in [-0.2, 0) is 5.41 Å². The van der Waals surface area contributed by atoms with Crippen molar-refractivity contribution in [3.63, 3.8) is 0 Å². The van der Waals surface area contributed by atoms with Gasteiger partial charge in [-0.15, -0.1) is 0 Å². The number of hydrogen-bond donors (Lipinski definition) is 1. The number of anilines is 1. The Hall–Kier alpha value is -0.980. The third-order valence-electron chi connectivity index (χ3n) is 5.96. The Morgan fingerprint density at radius 2 is 1.71 bits per heavy atom. The smallest absolute Gasteiger partial charge is 0.0314 e. The normalized spacial score (nSPS) is 42.8. The quantitative estimate of drug-likeness (QED) is 0.775. The van der Waals surface area contributed by atoms with Gasteiger partial charge in [0.05, 0.1) is 0 Å². The van der Waals surface area contributed by atoms with E-state index in [4.69, 9.17) is 5.73 Å². The van der Waals surface area contributed by atoms with E-state index in [0.29, 0.717) is 16.2 Å². The second kappa shape index (κ2) is 3.07. The maximum absolute atomic E-state index is 5.79. The molecule has 3 atom stereocenters. The minimum atomic E-state index is 0.464. The third kappa shape index (κ3) is 1.15. The van der Waals surface area contributed by atoms with Crippen LogP contribution in [0.2, 0.25) is 0 Å². The molecular formula is C16H23N. The molecule has 0 aliphatic heterocycles. The van der Waals surface area contributed by atoms with E-state index in [1.54, 1.807) is 0 Å². The van der Waals surface area contributed by atoms with Gasteiger partial charge < -0.3 is 5.73 Å². The van der Waals surface area contributed by atoms with Gasteiger partial charge in [0.1, 0.15) is 0 Å². The molecule has 0 saturated heterocycles. The van der Waals surface area contributed by atoms with Gasteiger partial charge in [0.2, 0.25) is 0 Å². The molecule has 3 rings (SSSR count). The predicted octanol–water partition coefficient (Wildman–Crippen LogP) is 4.13. The van der Waals surface area contributed by atoms with Crippen molar-refractivity contribution in [2.45, 2.75) is 51.9 Å². The van der Waals surface area contributed by atoms with Gasteiger partial charge in [0.25, 0.3) is 0 Å². The monoisotopic (exact) mass is 229 g/mol. The lowest BCUT2D eigenvalue weighted by Gasteiger charge is -2.18. The molecule has 2 N–H and O–H groups in total. The summed E-state index contributed by atoms with van der Waals surface area (Å²) in [6.07, 6.45) is 5.41. The van der Waals surface area contributed by atoms with Crippen LogP contribution in [0.15, 0.2) is 24.3 Å². The fourth-order valence-corrected chi connectivity index (χ4v) is 4.43. The summed E-state index contributed by atoms with van der Waals surface area (Å²) in [4.78, 5) is 0. The highest BCUT2D eigenvalue weighted by atomic mass is 14.9. The minimum Gasteiger partial charge on any atom is -0.399 e. The molecule has 1 spiro atoms. The number of benzene rings is 1. The molecular weight excluding hydrogens is 206 g/mol. The molecule has 0 bridgehead atoms. The first-order chi connectivity index (χ1) is 8.03. The van der Waals surface area contributed by atoms with Crippen molar-refractivity contribution in [1.82, 2.24) is 0 Å². The van der Waals surface area contributed by atoms with E-state index in [1.807, 2.05) is 0 Å². The number of hydrogen-bond acceptors (Lipinski definition) is 1. The van der Waals surface area contributed by atoms with Crippen LogP contribution in [0.4, 0.5) is 5.69 Å². The van der Waals surface area contributed by atoms with Crippen LogP contribution >= 0.6 is 0 Å². The summed E-state index contributed by atoms with van der Waals surface area (Å²) in [6, 6.07) is 8.62. The summed E-state index contributed by atoms with van der Waals surface area (Å²) in [5, 5.41) is 0. The molecule has 3 unspecified atom stereocenters. The zero-order chi connectivity index (χ0) is 12.3. The highest BCUT2D eigenvalue weighted by Gasteiger charge is 2.83. The van der Waals surface area contributed by atoms with Gasteiger partial charge in [-0.3, -0.25) is 0 Å². The molecule has 1 aromatic carbocycles. The van der Waals surface area contributed by atoms with Gasteiger partial charge in [-0.1, -0.05) is 39.3 Å². The van der Waals surface area contributed by atoms with Crippen molar-refractivity contribution in [1.29, 1.82) is 0 Å². The Kier molecular flexibility index (Phi) is 2.01. The molecule has 0 radical (unpaired) electrons. The molecule has 2 aliphatic rings. The van der Waals surface area contributed by atoms with Crippen LogP contribution in [0.5, 0.6) is 0 Å². The molecule has 0 heterocycles. The zero-order valence-corrected chi connectivity index (χ0v) is 11.2. The summed E-state index contributed by atoms with van der Waals surface area (Å²) < 4.78 is 0.